The fourth-order valence-electron chi connectivity index (χ4n) is 4.52. The summed E-state index contributed by atoms with van der Waals surface area (Å²) in [5.41, 5.74) is 4.31. The molecule has 0 aliphatic heterocycles. The van der Waals surface area contributed by atoms with Gasteiger partial charge < -0.3 is 20.5 Å². The second-order valence-corrected chi connectivity index (χ2v) is 10.0. The van der Waals surface area contributed by atoms with Gasteiger partial charge in [0.1, 0.15) is 12.6 Å². The van der Waals surface area contributed by atoms with Crippen molar-refractivity contribution in [2.75, 3.05) is 6.61 Å². The number of carbonyl (C=O) groups is 3. The van der Waals surface area contributed by atoms with Crippen LogP contribution in [0.25, 0.3) is 11.1 Å². The number of nitrogens with one attached hydrogen (secondary N) is 2. The summed E-state index contributed by atoms with van der Waals surface area (Å²) in [5.74, 6) is 0.479. The van der Waals surface area contributed by atoms with Gasteiger partial charge in [0, 0.05) is 24.8 Å². The van der Waals surface area contributed by atoms with Gasteiger partial charge in [-0.15, -0.1) is 12.3 Å². The largest absolute Gasteiger partial charge is 0.480 e. The molecule has 3 N–H and O–H groups in total. The first-order valence-electron chi connectivity index (χ1n) is 11.7. The highest BCUT2D eigenvalue weighted by molar-refractivity contribution is 5.84. The van der Waals surface area contributed by atoms with E-state index in [9.17, 15) is 19.5 Å². The zero-order chi connectivity index (χ0) is 25.6. The van der Waals surface area contributed by atoms with E-state index in [2.05, 4.69) is 28.7 Å². The minimum absolute atomic E-state index is 0.0717. The molecular weight excluding hydrogens is 444 g/mol. The molecule has 2 aromatic carbocycles. The molecule has 7 heteroatoms. The summed E-state index contributed by atoms with van der Waals surface area (Å²) in [7, 11) is 0. The van der Waals surface area contributed by atoms with Crippen molar-refractivity contribution in [3.8, 4) is 23.5 Å². The zero-order valence-electron chi connectivity index (χ0n) is 20.3. The Morgan fingerprint density at radius 2 is 1.60 bits per heavy atom. The first-order chi connectivity index (χ1) is 16.6. The molecule has 0 fully saturated rings. The summed E-state index contributed by atoms with van der Waals surface area (Å²) in [6, 6.07) is 14.4. The average Bonchev–Trinajstić information content (AvgIpc) is 3.10. The minimum atomic E-state index is -1.20. The Labute approximate surface area is 206 Å². The molecule has 3 rings (SSSR count). The smallest absolute Gasteiger partial charge is 0.407 e. The summed E-state index contributed by atoms with van der Waals surface area (Å²) in [6.45, 7) is 6.15. The number of carbonyl (C=O) groups excluding carboxylic acids is 2. The van der Waals surface area contributed by atoms with E-state index >= 15 is 0 Å². The quantitative estimate of drug-likeness (QED) is 0.468. The molecule has 0 bridgehead atoms. The maximum Gasteiger partial charge on any atom is 0.407 e. The lowest BCUT2D eigenvalue weighted by Gasteiger charge is -2.27. The lowest BCUT2D eigenvalue weighted by molar-refractivity contribution is -0.141. The van der Waals surface area contributed by atoms with Gasteiger partial charge in [0.15, 0.2) is 0 Å². The van der Waals surface area contributed by atoms with Crippen LogP contribution < -0.4 is 10.6 Å². The first kappa shape index (κ1) is 25.8. The van der Waals surface area contributed by atoms with Crippen LogP contribution >= 0.6 is 0 Å². The SMILES string of the molecule is C#CCC(NC(=O)CC(CC(C)(C)C)NC(=O)OCC1c2ccccc2-c2ccccc21)C(=O)O. The molecule has 1 aliphatic rings. The number of aliphatic carboxylic acids is 1. The fraction of sp³-hybridized carbons (Fsp3) is 0.393. The molecule has 184 valence electrons. The predicted molar refractivity (Wildman–Crippen MR) is 134 cm³/mol. The van der Waals surface area contributed by atoms with Gasteiger partial charge in [0.2, 0.25) is 5.91 Å². The molecule has 0 spiro atoms. The van der Waals surface area contributed by atoms with Crippen molar-refractivity contribution >= 4 is 18.0 Å². The summed E-state index contributed by atoms with van der Waals surface area (Å²) in [4.78, 5) is 36.6. The van der Waals surface area contributed by atoms with Crippen LogP contribution in [0.2, 0.25) is 0 Å². The van der Waals surface area contributed by atoms with Crippen LogP contribution in [0.3, 0.4) is 0 Å². The highest BCUT2D eigenvalue weighted by Crippen LogP contribution is 2.44. The topological polar surface area (TPSA) is 105 Å². The van der Waals surface area contributed by atoms with Crippen molar-refractivity contribution < 1.29 is 24.2 Å². The number of fused-ring (bicyclic) bond motifs is 3. The van der Waals surface area contributed by atoms with Crippen molar-refractivity contribution in [2.45, 2.75) is 58.0 Å². The summed E-state index contributed by atoms with van der Waals surface area (Å²) in [5, 5.41) is 14.5. The van der Waals surface area contributed by atoms with Crippen molar-refractivity contribution in [1.82, 2.24) is 10.6 Å². The Morgan fingerprint density at radius 1 is 1.03 bits per heavy atom. The molecule has 0 radical (unpaired) electrons. The molecule has 35 heavy (non-hydrogen) atoms. The standard InChI is InChI=1S/C28H32N2O5/c1-5-10-24(26(32)33)30-25(31)15-18(16-28(2,3)4)29-27(34)35-17-23-21-13-8-6-11-19(21)20-12-7-9-14-22(20)23/h1,6-9,11-14,18,23-24H,10,15-17H2,2-4H3,(H,29,34)(H,30,31)(H,32,33). The van der Waals surface area contributed by atoms with Gasteiger partial charge in [-0.3, -0.25) is 4.79 Å². The lowest BCUT2D eigenvalue weighted by Crippen LogP contribution is -2.45. The molecule has 0 saturated carbocycles. The van der Waals surface area contributed by atoms with Crippen LogP contribution in [0.5, 0.6) is 0 Å². The van der Waals surface area contributed by atoms with Gasteiger partial charge in [-0.25, -0.2) is 9.59 Å². The lowest BCUT2D eigenvalue weighted by atomic mass is 9.87. The van der Waals surface area contributed by atoms with Crippen LogP contribution in [0.1, 0.15) is 57.1 Å². The van der Waals surface area contributed by atoms with Crippen molar-refractivity contribution in [3.05, 3.63) is 59.7 Å². The second-order valence-electron chi connectivity index (χ2n) is 10.0. The first-order valence-corrected chi connectivity index (χ1v) is 11.7. The van der Waals surface area contributed by atoms with E-state index in [4.69, 9.17) is 11.2 Å². The molecule has 1 aliphatic carbocycles. The highest BCUT2D eigenvalue weighted by Gasteiger charge is 2.30. The van der Waals surface area contributed by atoms with Gasteiger partial charge in [0.05, 0.1) is 0 Å². The van der Waals surface area contributed by atoms with Gasteiger partial charge in [0.25, 0.3) is 0 Å². The van der Waals surface area contributed by atoms with Crippen LogP contribution in [0, 0.1) is 17.8 Å². The number of rotatable bonds is 9. The average molecular weight is 477 g/mol. The van der Waals surface area contributed by atoms with Crippen LogP contribution in [0.15, 0.2) is 48.5 Å². The number of carboxylic acid groups (broad SMARTS) is 1. The molecule has 2 aromatic rings. The predicted octanol–water partition coefficient (Wildman–Crippen LogP) is 4.31. The third kappa shape index (κ3) is 6.86. The highest BCUT2D eigenvalue weighted by atomic mass is 16.5. The molecule has 0 aromatic heterocycles. The van der Waals surface area contributed by atoms with E-state index < -0.39 is 30.1 Å². The van der Waals surface area contributed by atoms with E-state index in [-0.39, 0.29) is 30.8 Å². The number of amides is 2. The Bertz CT molecular complexity index is 1080. The third-order valence-corrected chi connectivity index (χ3v) is 5.91. The third-order valence-electron chi connectivity index (χ3n) is 5.91. The van der Waals surface area contributed by atoms with Crippen LogP contribution in [-0.4, -0.2) is 41.8 Å². The minimum Gasteiger partial charge on any atom is -0.480 e. The Kier molecular flexibility index (Phi) is 8.18. The number of alkyl carbamates (subject to hydrolysis) is 1. The maximum absolute atomic E-state index is 12.7. The van der Waals surface area contributed by atoms with Crippen LogP contribution in [-0.2, 0) is 14.3 Å². The second kappa shape index (κ2) is 11.1. The Morgan fingerprint density at radius 3 is 2.11 bits per heavy atom. The Balaban J connectivity index is 1.65. The summed E-state index contributed by atoms with van der Waals surface area (Å²) < 4.78 is 5.62. The van der Waals surface area contributed by atoms with Crippen molar-refractivity contribution in [2.24, 2.45) is 5.41 Å². The molecule has 2 unspecified atom stereocenters. The van der Waals surface area contributed by atoms with E-state index in [1.165, 1.54) is 0 Å². The van der Waals surface area contributed by atoms with Crippen LogP contribution in [0.4, 0.5) is 4.79 Å². The van der Waals surface area contributed by atoms with E-state index in [0.29, 0.717) is 6.42 Å². The number of hydrogen-bond donors (Lipinski definition) is 3. The summed E-state index contributed by atoms with van der Waals surface area (Å²) in [6.07, 6.45) is 4.87. The van der Waals surface area contributed by atoms with Gasteiger partial charge in [-0.1, -0.05) is 69.3 Å². The summed E-state index contributed by atoms with van der Waals surface area (Å²) >= 11 is 0. The normalized spacial score (nSPS) is 14.1. The number of terminal acetylenes is 1. The molecule has 2 atom stereocenters. The number of benzene rings is 2. The van der Waals surface area contributed by atoms with E-state index in [1.807, 2.05) is 57.2 Å². The number of carboxylic acids is 1. The molecule has 0 saturated heterocycles. The molecule has 2 amide bonds. The van der Waals surface area contributed by atoms with E-state index in [0.717, 1.165) is 22.3 Å². The maximum atomic E-state index is 12.7. The van der Waals surface area contributed by atoms with Gasteiger partial charge in [-0.05, 0) is 34.1 Å². The Hall–Kier alpha value is -3.79. The monoisotopic (exact) mass is 476 g/mol. The number of hydrogen-bond acceptors (Lipinski definition) is 4. The van der Waals surface area contributed by atoms with Gasteiger partial charge >= 0.3 is 12.1 Å². The zero-order valence-corrected chi connectivity index (χ0v) is 20.3. The van der Waals surface area contributed by atoms with Crippen molar-refractivity contribution in [1.29, 1.82) is 0 Å². The fourth-order valence-corrected chi connectivity index (χ4v) is 4.52. The van der Waals surface area contributed by atoms with E-state index in [1.54, 1.807) is 0 Å². The molecule has 0 heterocycles. The van der Waals surface area contributed by atoms with Crippen molar-refractivity contribution in [3.63, 3.8) is 0 Å². The molecular formula is C28H32N2O5. The molecule has 7 nitrogen and oxygen atoms in total. The number of ether oxygens (including phenoxy) is 1. The van der Waals surface area contributed by atoms with Gasteiger partial charge in [-0.2, -0.15) is 0 Å².